The number of aryl methyl sites for hydroxylation is 2. The SMILES string of the molecule is CCCNc1ccc(Cn2c(C)cc(C)nc2=O)cn1. The van der Waals surface area contributed by atoms with Crippen LogP contribution in [-0.2, 0) is 6.54 Å². The smallest absolute Gasteiger partial charge is 0.348 e. The van der Waals surface area contributed by atoms with Gasteiger partial charge in [0.1, 0.15) is 5.82 Å². The molecule has 5 heteroatoms. The summed E-state index contributed by atoms with van der Waals surface area (Å²) in [6.07, 6.45) is 2.86. The average Bonchev–Trinajstić information content (AvgIpc) is 2.42. The molecule has 0 aliphatic rings. The summed E-state index contributed by atoms with van der Waals surface area (Å²) < 4.78 is 1.66. The van der Waals surface area contributed by atoms with E-state index in [0.29, 0.717) is 6.54 Å². The van der Waals surface area contributed by atoms with Crippen LogP contribution in [0.5, 0.6) is 0 Å². The Balaban J connectivity index is 2.16. The molecule has 20 heavy (non-hydrogen) atoms. The lowest BCUT2D eigenvalue weighted by atomic mass is 10.2. The van der Waals surface area contributed by atoms with E-state index < -0.39 is 0 Å². The second-order valence-corrected chi connectivity index (χ2v) is 4.89. The van der Waals surface area contributed by atoms with Gasteiger partial charge in [-0.25, -0.2) is 9.78 Å². The highest BCUT2D eigenvalue weighted by atomic mass is 16.1. The van der Waals surface area contributed by atoms with Crippen LogP contribution >= 0.6 is 0 Å². The van der Waals surface area contributed by atoms with Crippen LogP contribution in [-0.4, -0.2) is 21.1 Å². The van der Waals surface area contributed by atoms with Crippen LogP contribution < -0.4 is 11.0 Å². The Bertz CT molecular complexity index is 631. The summed E-state index contributed by atoms with van der Waals surface area (Å²) in [6.45, 7) is 7.27. The predicted molar refractivity (Wildman–Crippen MR) is 80.1 cm³/mol. The Morgan fingerprint density at radius 1 is 1.30 bits per heavy atom. The molecule has 0 radical (unpaired) electrons. The molecule has 106 valence electrons. The summed E-state index contributed by atoms with van der Waals surface area (Å²) in [5, 5.41) is 3.22. The van der Waals surface area contributed by atoms with Crippen molar-refractivity contribution in [3.05, 3.63) is 51.8 Å². The zero-order valence-corrected chi connectivity index (χ0v) is 12.2. The van der Waals surface area contributed by atoms with Crippen molar-refractivity contribution >= 4 is 5.82 Å². The van der Waals surface area contributed by atoms with Crippen LogP contribution in [0.2, 0.25) is 0 Å². The quantitative estimate of drug-likeness (QED) is 0.905. The van der Waals surface area contributed by atoms with Gasteiger partial charge in [0.15, 0.2) is 0 Å². The van der Waals surface area contributed by atoms with E-state index in [2.05, 4.69) is 22.2 Å². The molecular weight excluding hydrogens is 252 g/mol. The van der Waals surface area contributed by atoms with Crippen molar-refractivity contribution in [1.82, 2.24) is 14.5 Å². The minimum absolute atomic E-state index is 0.212. The molecule has 0 saturated carbocycles. The third-order valence-electron chi connectivity index (χ3n) is 3.07. The topological polar surface area (TPSA) is 59.8 Å². The minimum atomic E-state index is -0.212. The van der Waals surface area contributed by atoms with Crippen molar-refractivity contribution in [1.29, 1.82) is 0 Å². The van der Waals surface area contributed by atoms with E-state index in [9.17, 15) is 4.79 Å². The number of hydrogen-bond donors (Lipinski definition) is 1. The van der Waals surface area contributed by atoms with Crippen molar-refractivity contribution in [2.24, 2.45) is 0 Å². The monoisotopic (exact) mass is 272 g/mol. The van der Waals surface area contributed by atoms with Gasteiger partial charge < -0.3 is 5.32 Å². The molecule has 0 amide bonds. The van der Waals surface area contributed by atoms with Gasteiger partial charge in [-0.1, -0.05) is 13.0 Å². The van der Waals surface area contributed by atoms with Crippen molar-refractivity contribution in [3.8, 4) is 0 Å². The summed E-state index contributed by atoms with van der Waals surface area (Å²) in [5.74, 6) is 0.863. The minimum Gasteiger partial charge on any atom is -0.370 e. The van der Waals surface area contributed by atoms with Crippen LogP contribution in [0.25, 0.3) is 0 Å². The molecule has 0 aliphatic carbocycles. The van der Waals surface area contributed by atoms with Gasteiger partial charge in [0.25, 0.3) is 0 Å². The van der Waals surface area contributed by atoms with Crippen molar-refractivity contribution in [2.45, 2.75) is 33.7 Å². The first-order valence-electron chi connectivity index (χ1n) is 6.84. The van der Waals surface area contributed by atoms with Gasteiger partial charge in [-0.15, -0.1) is 0 Å². The van der Waals surface area contributed by atoms with Gasteiger partial charge in [-0.05, 0) is 38.0 Å². The second kappa shape index (κ2) is 6.32. The molecule has 0 atom stereocenters. The molecule has 0 unspecified atom stereocenters. The first-order valence-corrected chi connectivity index (χ1v) is 6.84. The highest BCUT2D eigenvalue weighted by Crippen LogP contribution is 2.07. The number of hydrogen-bond acceptors (Lipinski definition) is 4. The third-order valence-corrected chi connectivity index (χ3v) is 3.07. The van der Waals surface area contributed by atoms with Crippen LogP contribution in [0.3, 0.4) is 0 Å². The first-order chi connectivity index (χ1) is 9.60. The maximum absolute atomic E-state index is 11.9. The van der Waals surface area contributed by atoms with Crippen molar-refractivity contribution in [3.63, 3.8) is 0 Å². The maximum Gasteiger partial charge on any atom is 0.348 e. The van der Waals surface area contributed by atoms with Crippen LogP contribution in [0.4, 0.5) is 5.82 Å². The number of pyridine rings is 1. The van der Waals surface area contributed by atoms with E-state index in [1.807, 2.05) is 32.0 Å². The lowest BCUT2D eigenvalue weighted by molar-refractivity contribution is 0.692. The summed E-state index contributed by atoms with van der Waals surface area (Å²) in [6, 6.07) is 5.83. The van der Waals surface area contributed by atoms with E-state index in [4.69, 9.17) is 0 Å². The Morgan fingerprint density at radius 3 is 2.70 bits per heavy atom. The Morgan fingerprint density at radius 2 is 2.10 bits per heavy atom. The van der Waals surface area contributed by atoms with Gasteiger partial charge in [0.2, 0.25) is 0 Å². The number of nitrogens with one attached hydrogen (secondary N) is 1. The summed E-state index contributed by atoms with van der Waals surface area (Å²) in [5.41, 5.74) is 2.44. The van der Waals surface area contributed by atoms with Crippen LogP contribution in [0.1, 0.15) is 30.3 Å². The third kappa shape index (κ3) is 3.44. The Labute approximate surface area is 118 Å². The van der Waals surface area contributed by atoms with Gasteiger partial charge in [-0.2, -0.15) is 4.98 Å². The molecule has 0 bridgehead atoms. The summed E-state index contributed by atoms with van der Waals surface area (Å²) in [4.78, 5) is 20.2. The summed E-state index contributed by atoms with van der Waals surface area (Å²) in [7, 11) is 0. The standard InChI is InChI=1S/C15H20N4O/c1-4-7-16-14-6-5-13(9-17-14)10-19-12(3)8-11(2)18-15(19)20/h5-6,8-9H,4,7,10H2,1-3H3,(H,16,17). The van der Waals surface area contributed by atoms with Crippen molar-refractivity contribution < 1.29 is 0 Å². The molecule has 1 N–H and O–H groups in total. The molecule has 0 spiro atoms. The van der Waals surface area contributed by atoms with Crippen LogP contribution in [0.15, 0.2) is 29.2 Å². The Hall–Kier alpha value is -2.17. The number of nitrogens with zero attached hydrogens (tertiary/aromatic N) is 3. The number of aromatic nitrogens is 3. The molecule has 2 heterocycles. The lowest BCUT2D eigenvalue weighted by Gasteiger charge is -2.10. The normalized spacial score (nSPS) is 10.6. The largest absolute Gasteiger partial charge is 0.370 e. The lowest BCUT2D eigenvalue weighted by Crippen LogP contribution is -2.26. The van der Waals surface area contributed by atoms with Gasteiger partial charge in [0, 0.05) is 24.1 Å². The molecule has 0 saturated heterocycles. The van der Waals surface area contributed by atoms with E-state index in [-0.39, 0.29) is 5.69 Å². The second-order valence-electron chi connectivity index (χ2n) is 4.89. The van der Waals surface area contributed by atoms with Gasteiger partial charge in [0.05, 0.1) is 6.54 Å². The zero-order chi connectivity index (χ0) is 14.5. The highest BCUT2D eigenvalue weighted by Gasteiger charge is 2.04. The molecule has 2 aromatic rings. The predicted octanol–water partition coefficient (Wildman–Crippen LogP) is 2.13. The van der Waals surface area contributed by atoms with E-state index in [1.54, 1.807) is 10.8 Å². The molecule has 0 aromatic carbocycles. The van der Waals surface area contributed by atoms with Gasteiger partial charge >= 0.3 is 5.69 Å². The number of anilines is 1. The average molecular weight is 272 g/mol. The fourth-order valence-electron chi connectivity index (χ4n) is 2.03. The zero-order valence-electron chi connectivity index (χ0n) is 12.2. The molecule has 5 nitrogen and oxygen atoms in total. The first kappa shape index (κ1) is 14.2. The van der Waals surface area contributed by atoms with E-state index >= 15 is 0 Å². The van der Waals surface area contributed by atoms with E-state index in [1.165, 1.54) is 0 Å². The maximum atomic E-state index is 11.9. The molecule has 0 aliphatic heterocycles. The molecular formula is C15H20N4O. The van der Waals surface area contributed by atoms with Crippen molar-refractivity contribution in [2.75, 3.05) is 11.9 Å². The summed E-state index contributed by atoms with van der Waals surface area (Å²) >= 11 is 0. The molecule has 0 fully saturated rings. The fourth-order valence-corrected chi connectivity index (χ4v) is 2.03. The Kier molecular flexibility index (Phi) is 4.50. The number of rotatable bonds is 5. The molecule has 2 aromatic heterocycles. The molecule has 2 rings (SSSR count). The fraction of sp³-hybridized carbons (Fsp3) is 0.400. The van der Waals surface area contributed by atoms with Gasteiger partial charge in [-0.3, -0.25) is 4.57 Å². The highest BCUT2D eigenvalue weighted by molar-refractivity contribution is 5.35. The van der Waals surface area contributed by atoms with Crippen LogP contribution in [0, 0.1) is 13.8 Å². The van der Waals surface area contributed by atoms with E-state index in [0.717, 1.165) is 35.7 Å².